The maximum atomic E-state index is 14.1. The Morgan fingerprint density at radius 2 is 1.86 bits per heavy atom. The van der Waals surface area contributed by atoms with Crippen LogP contribution in [0.2, 0.25) is 0 Å². The molecule has 0 saturated carbocycles. The van der Waals surface area contributed by atoms with Gasteiger partial charge in [0.2, 0.25) is 0 Å². The average Bonchev–Trinajstić information content (AvgIpc) is 2.45. The van der Waals surface area contributed by atoms with Crippen LogP contribution in [0.15, 0.2) is 18.2 Å². The predicted octanol–water partition coefficient (Wildman–Crippen LogP) is 5.03. The number of hydrogen-bond donors (Lipinski definition) is 0. The van der Waals surface area contributed by atoms with E-state index >= 15 is 0 Å². The van der Waals surface area contributed by atoms with Gasteiger partial charge in [-0.05, 0) is 56.2 Å². The summed E-state index contributed by atoms with van der Waals surface area (Å²) in [6.07, 6.45) is 2.32. The number of benzene rings is 1. The van der Waals surface area contributed by atoms with E-state index in [1.165, 1.54) is 6.07 Å². The second-order valence-electron chi connectivity index (χ2n) is 6.02. The molecule has 0 heterocycles. The van der Waals surface area contributed by atoms with E-state index in [4.69, 9.17) is 10.00 Å². The number of hydrogen-bond acceptors (Lipinski definition) is 2. The topological polar surface area (TPSA) is 33.0 Å². The fourth-order valence-corrected chi connectivity index (χ4v) is 2.55. The van der Waals surface area contributed by atoms with Crippen LogP contribution in [0.4, 0.5) is 4.39 Å². The van der Waals surface area contributed by atoms with Crippen LogP contribution in [-0.2, 0) is 4.74 Å². The van der Waals surface area contributed by atoms with E-state index in [1.807, 2.05) is 13.0 Å². The molecule has 0 fully saturated rings. The molecule has 4 atom stereocenters. The molecular formula is C18H26FNO. The Labute approximate surface area is 127 Å². The van der Waals surface area contributed by atoms with E-state index in [2.05, 4.69) is 27.7 Å². The van der Waals surface area contributed by atoms with Crippen LogP contribution in [0, 0.1) is 23.1 Å². The van der Waals surface area contributed by atoms with Crippen molar-refractivity contribution in [3.63, 3.8) is 0 Å². The molecule has 0 N–H and O–H groups in total. The number of nitriles is 1. The summed E-state index contributed by atoms with van der Waals surface area (Å²) in [5.41, 5.74) is 1.04. The third kappa shape index (κ3) is 5.13. The van der Waals surface area contributed by atoms with Gasteiger partial charge in [-0.15, -0.1) is 0 Å². The maximum absolute atomic E-state index is 14.1. The van der Waals surface area contributed by atoms with Gasteiger partial charge in [-0.1, -0.05) is 26.8 Å². The molecule has 3 heteroatoms. The third-order valence-electron chi connectivity index (χ3n) is 4.22. The Morgan fingerprint density at radius 1 is 1.19 bits per heavy atom. The van der Waals surface area contributed by atoms with Crippen LogP contribution in [-0.4, -0.2) is 12.2 Å². The van der Waals surface area contributed by atoms with Crippen LogP contribution in [0.3, 0.4) is 0 Å². The van der Waals surface area contributed by atoms with Gasteiger partial charge < -0.3 is 4.74 Å². The van der Waals surface area contributed by atoms with Crippen LogP contribution in [0.5, 0.6) is 0 Å². The largest absolute Gasteiger partial charge is 0.376 e. The normalized spacial score (nSPS) is 16.8. The van der Waals surface area contributed by atoms with Gasteiger partial charge >= 0.3 is 0 Å². The molecule has 2 nitrogen and oxygen atoms in total. The van der Waals surface area contributed by atoms with Crippen molar-refractivity contribution in [2.24, 2.45) is 5.92 Å². The van der Waals surface area contributed by atoms with E-state index in [-0.39, 0.29) is 23.9 Å². The third-order valence-corrected chi connectivity index (χ3v) is 4.22. The molecule has 0 aliphatic rings. The van der Waals surface area contributed by atoms with Crippen molar-refractivity contribution >= 4 is 0 Å². The Bertz CT molecular complexity index is 494. The summed E-state index contributed by atoms with van der Waals surface area (Å²) in [4.78, 5) is 0. The molecule has 0 spiro atoms. The summed E-state index contributed by atoms with van der Waals surface area (Å²) < 4.78 is 20.0. The van der Waals surface area contributed by atoms with Crippen LogP contribution in [0.25, 0.3) is 0 Å². The summed E-state index contributed by atoms with van der Waals surface area (Å²) in [6, 6.07) is 6.69. The van der Waals surface area contributed by atoms with E-state index in [1.54, 1.807) is 12.1 Å². The van der Waals surface area contributed by atoms with Crippen LogP contribution < -0.4 is 0 Å². The second kappa shape index (κ2) is 8.14. The zero-order chi connectivity index (χ0) is 16.0. The minimum absolute atomic E-state index is 0.0979. The van der Waals surface area contributed by atoms with Gasteiger partial charge in [0.1, 0.15) is 5.82 Å². The van der Waals surface area contributed by atoms with Gasteiger partial charge in [0.05, 0.1) is 23.8 Å². The van der Waals surface area contributed by atoms with Crippen molar-refractivity contribution in [2.45, 2.75) is 65.6 Å². The Kier molecular flexibility index (Phi) is 6.84. The Morgan fingerprint density at radius 3 is 2.38 bits per heavy atom. The fourth-order valence-electron chi connectivity index (χ4n) is 2.55. The predicted molar refractivity (Wildman–Crippen MR) is 83.6 cm³/mol. The highest BCUT2D eigenvalue weighted by molar-refractivity contribution is 5.34. The number of rotatable bonds is 7. The molecule has 1 aromatic carbocycles. The van der Waals surface area contributed by atoms with E-state index in [0.717, 1.165) is 12.8 Å². The molecule has 0 aliphatic carbocycles. The molecule has 21 heavy (non-hydrogen) atoms. The molecule has 1 rings (SSSR count). The van der Waals surface area contributed by atoms with Gasteiger partial charge in [0.25, 0.3) is 0 Å². The van der Waals surface area contributed by atoms with Crippen molar-refractivity contribution in [1.29, 1.82) is 5.26 Å². The van der Waals surface area contributed by atoms with Gasteiger partial charge in [0.15, 0.2) is 0 Å². The van der Waals surface area contributed by atoms with E-state index in [0.29, 0.717) is 17.0 Å². The maximum Gasteiger partial charge on any atom is 0.127 e. The molecule has 0 radical (unpaired) electrons. The first kappa shape index (κ1) is 17.7. The molecule has 0 aromatic heterocycles. The Hall–Kier alpha value is -1.40. The van der Waals surface area contributed by atoms with E-state index < -0.39 is 0 Å². The van der Waals surface area contributed by atoms with Crippen molar-refractivity contribution < 1.29 is 9.13 Å². The zero-order valence-electron chi connectivity index (χ0n) is 13.7. The quantitative estimate of drug-likeness (QED) is 0.705. The molecular weight excluding hydrogens is 265 g/mol. The van der Waals surface area contributed by atoms with Gasteiger partial charge in [-0.3, -0.25) is 0 Å². The molecule has 0 bridgehead atoms. The smallest absolute Gasteiger partial charge is 0.127 e. The van der Waals surface area contributed by atoms with Crippen molar-refractivity contribution in [2.75, 3.05) is 0 Å². The highest BCUT2D eigenvalue weighted by Crippen LogP contribution is 2.30. The average molecular weight is 291 g/mol. The standard InChI is InChI=1S/C18H26FNO/c1-6-13(3)21-14(4)9-12(2)15(5)17-8-7-16(11-20)10-18(17)19/h7-8,10,12-15H,6,9H2,1-5H3. The van der Waals surface area contributed by atoms with E-state index in [9.17, 15) is 4.39 Å². The summed E-state index contributed by atoms with van der Waals surface area (Å²) in [7, 11) is 0. The summed E-state index contributed by atoms with van der Waals surface area (Å²) in [6.45, 7) is 10.4. The van der Waals surface area contributed by atoms with Gasteiger partial charge in [0, 0.05) is 0 Å². The molecule has 0 saturated heterocycles. The van der Waals surface area contributed by atoms with Crippen LogP contribution in [0.1, 0.15) is 64.5 Å². The SMILES string of the molecule is CCC(C)OC(C)CC(C)C(C)c1ccc(C#N)cc1F. The molecule has 1 aromatic rings. The summed E-state index contributed by atoms with van der Waals surface area (Å²) in [5, 5.41) is 8.79. The number of halogens is 1. The highest BCUT2D eigenvalue weighted by atomic mass is 19.1. The lowest BCUT2D eigenvalue weighted by Crippen LogP contribution is -2.21. The Balaban J connectivity index is 2.70. The minimum Gasteiger partial charge on any atom is -0.376 e. The lowest BCUT2D eigenvalue weighted by molar-refractivity contribution is -0.00602. The molecule has 0 aliphatic heterocycles. The lowest BCUT2D eigenvalue weighted by atomic mass is 9.85. The second-order valence-corrected chi connectivity index (χ2v) is 6.02. The van der Waals surface area contributed by atoms with Crippen molar-refractivity contribution in [3.8, 4) is 6.07 Å². The van der Waals surface area contributed by atoms with Crippen molar-refractivity contribution in [3.05, 3.63) is 35.1 Å². The van der Waals surface area contributed by atoms with Crippen molar-refractivity contribution in [1.82, 2.24) is 0 Å². The monoisotopic (exact) mass is 291 g/mol. The molecule has 4 unspecified atom stereocenters. The first-order chi connectivity index (χ1) is 9.88. The van der Waals surface area contributed by atoms with Crippen LogP contribution >= 0.6 is 0 Å². The minimum atomic E-state index is -0.288. The first-order valence-corrected chi connectivity index (χ1v) is 7.74. The number of nitrogens with zero attached hydrogens (tertiary/aromatic N) is 1. The van der Waals surface area contributed by atoms with Gasteiger partial charge in [-0.2, -0.15) is 5.26 Å². The molecule has 116 valence electrons. The van der Waals surface area contributed by atoms with Gasteiger partial charge in [-0.25, -0.2) is 4.39 Å². The molecule has 0 amide bonds. The number of ether oxygens (including phenoxy) is 1. The fraction of sp³-hybridized carbons (Fsp3) is 0.611. The zero-order valence-corrected chi connectivity index (χ0v) is 13.7. The summed E-state index contributed by atoms with van der Waals surface area (Å²) in [5.74, 6) is 0.121. The highest BCUT2D eigenvalue weighted by Gasteiger charge is 2.21. The lowest BCUT2D eigenvalue weighted by Gasteiger charge is -2.26. The summed E-state index contributed by atoms with van der Waals surface area (Å²) >= 11 is 0. The first-order valence-electron chi connectivity index (χ1n) is 7.74.